The number of methoxy groups -OCH3 is 2. The third kappa shape index (κ3) is 4.21. The van der Waals surface area contributed by atoms with Crippen LogP contribution in [0, 0.1) is 12.8 Å². The molecule has 0 saturated carbocycles. The van der Waals surface area contributed by atoms with Crippen molar-refractivity contribution in [2.45, 2.75) is 19.8 Å². The highest BCUT2D eigenvalue weighted by Crippen LogP contribution is 2.34. The summed E-state index contributed by atoms with van der Waals surface area (Å²) in [6, 6.07) is 7.11. The van der Waals surface area contributed by atoms with Gasteiger partial charge in [-0.3, -0.25) is 9.59 Å². The molecular formula is C19H23N3O5. The largest absolute Gasteiger partial charge is 0.493 e. The molecular weight excluding hydrogens is 350 g/mol. The third-order valence-electron chi connectivity index (χ3n) is 4.53. The molecule has 1 aromatic carbocycles. The molecule has 1 aromatic heterocycles. The van der Waals surface area contributed by atoms with Crippen molar-refractivity contribution in [3.05, 3.63) is 35.7 Å². The molecule has 0 radical (unpaired) electrons. The van der Waals surface area contributed by atoms with Gasteiger partial charge in [-0.15, -0.1) is 0 Å². The first-order valence-electron chi connectivity index (χ1n) is 8.74. The normalized spacial score (nSPS) is 16.5. The number of hydrogen-bond acceptors (Lipinski definition) is 6. The fourth-order valence-corrected chi connectivity index (χ4v) is 3.12. The average Bonchev–Trinajstić information content (AvgIpc) is 3.26. The van der Waals surface area contributed by atoms with E-state index in [2.05, 4.69) is 10.5 Å². The predicted octanol–water partition coefficient (Wildman–Crippen LogP) is 1.71. The van der Waals surface area contributed by atoms with Crippen LogP contribution in [-0.2, 0) is 16.0 Å². The summed E-state index contributed by atoms with van der Waals surface area (Å²) in [4.78, 5) is 26.4. The maximum Gasteiger partial charge on any atom is 0.227 e. The van der Waals surface area contributed by atoms with Crippen LogP contribution >= 0.6 is 0 Å². The van der Waals surface area contributed by atoms with E-state index < -0.39 is 0 Å². The number of aryl methyl sites for hydroxylation is 1. The monoisotopic (exact) mass is 373 g/mol. The van der Waals surface area contributed by atoms with Gasteiger partial charge in [0.15, 0.2) is 11.5 Å². The van der Waals surface area contributed by atoms with E-state index in [0.717, 1.165) is 11.5 Å². The van der Waals surface area contributed by atoms with E-state index in [9.17, 15) is 9.59 Å². The number of carbonyl (C=O) groups excluding carboxylic acids is 2. The first-order chi connectivity index (χ1) is 13.0. The van der Waals surface area contributed by atoms with Crippen LogP contribution in [0.1, 0.15) is 17.9 Å². The average molecular weight is 373 g/mol. The molecule has 1 unspecified atom stereocenters. The first-order valence-corrected chi connectivity index (χ1v) is 8.74. The molecule has 8 heteroatoms. The number of nitrogens with one attached hydrogen (secondary N) is 1. The number of anilines is 1. The van der Waals surface area contributed by atoms with Gasteiger partial charge in [0.2, 0.25) is 11.8 Å². The summed E-state index contributed by atoms with van der Waals surface area (Å²) in [5.41, 5.74) is 1.48. The summed E-state index contributed by atoms with van der Waals surface area (Å²) in [5, 5.41) is 6.77. The summed E-state index contributed by atoms with van der Waals surface area (Å²) in [6.07, 6.45) is 0.770. The van der Waals surface area contributed by atoms with Crippen molar-refractivity contribution >= 4 is 17.5 Å². The highest BCUT2D eigenvalue weighted by molar-refractivity contribution is 6.00. The van der Waals surface area contributed by atoms with Gasteiger partial charge in [0.05, 0.1) is 25.8 Å². The number of nitrogens with zero attached hydrogens (tertiary/aromatic N) is 2. The molecule has 1 saturated heterocycles. The molecule has 0 spiro atoms. The van der Waals surface area contributed by atoms with E-state index in [1.807, 2.05) is 13.0 Å². The molecule has 27 heavy (non-hydrogen) atoms. The lowest BCUT2D eigenvalue weighted by molar-refractivity contribution is -0.126. The van der Waals surface area contributed by atoms with Crippen LogP contribution in [0.4, 0.5) is 5.69 Å². The molecule has 144 valence electrons. The lowest BCUT2D eigenvalue weighted by atomic mass is 10.1. The van der Waals surface area contributed by atoms with Crippen molar-refractivity contribution in [3.8, 4) is 11.5 Å². The van der Waals surface area contributed by atoms with Crippen molar-refractivity contribution in [2.24, 2.45) is 5.92 Å². The number of ether oxygens (including phenoxy) is 2. The maximum absolute atomic E-state index is 12.4. The van der Waals surface area contributed by atoms with E-state index in [1.165, 1.54) is 0 Å². The van der Waals surface area contributed by atoms with E-state index >= 15 is 0 Å². The number of carbonyl (C=O) groups is 2. The summed E-state index contributed by atoms with van der Waals surface area (Å²) < 4.78 is 15.5. The number of benzene rings is 1. The Morgan fingerprint density at radius 2 is 2.07 bits per heavy atom. The Morgan fingerprint density at radius 3 is 2.74 bits per heavy atom. The summed E-state index contributed by atoms with van der Waals surface area (Å²) in [7, 11) is 3.10. The molecule has 8 nitrogen and oxygen atoms in total. The van der Waals surface area contributed by atoms with Gasteiger partial charge >= 0.3 is 0 Å². The van der Waals surface area contributed by atoms with Crippen LogP contribution in [0.3, 0.4) is 0 Å². The van der Waals surface area contributed by atoms with Gasteiger partial charge in [-0.25, -0.2) is 0 Å². The van der Waals surface area contributed by atoms with Crippen molar-refractivity contribution in [2.75, 3.05) is 32.2 Å². The van der Waals surface area contributed by atoms with Crippen LogP contribution in [0.25, 0.3) is 0 Å². The lowest BCUT2D eigenvalue weighted by Gasteiger charge is -2.18. The Bertz CT molecular complexity index is 833. The number of amides is 2. The zero-order chi connectivity index (χ0) is 19.4. The van der Waals surface area contributed by atoms with Crippen LogP contribution in [0.2, 0.25) is 0 Å². The van der Waals surface area contributed by atoms with Crippen LogP contribution < -0.4 is 19.7 Å². The number of hydrogen-bond donors (Lipinski definition) is 1. The third-order valence-corrected chi connectivity index (χ3v) is 4.53. The zero-order valence-electron chi connectivity index (χ0n) is 15.7. The number of aromatic nitrogens is 1. The molecule has 2 amide bonds. The summed E-state index contributed by atoms with van der Waals surface area (Å²) >= 11 is 0. The molecule has 1 aliphatic rings. The summed E-state index contributed by atoms with van der Waals surface area (Å²) in [5.74, 6) is 1.26. The Hall–Kier alpha value is -3.03. The predicted molar refractivity (Wildman–Crippen MR) is 98.0 cm³/mol. The van der Waals surface area contributed by atoms with Crippen molar-refractivity contribution < 1.29 is 23.6 Å². The van der Waals surface area contributed by atoms with Gasteiger partial charge in [0.1, 0.15) is 5.76 Å². The maximum atomic E-state index is 12.4. The van der Waals surface area contributed by atoms with Gasteiger partial charge in [-0.1, -0.05) is 5.16 Å². The molecule has 1 atom stereocenters. The fourth-order valence-electron chi connectivity index (χ4n) is 3.12. The minimum absolute atomic E-state index is 0.0884. The highest BCUT2D eigenvalue weighted by atomic mass is 16.5. The lowest BCUT2D eigenvalue weighted by Crippen LogP contribution is -2.34. The fraction of sp³-hybridized carbons (Fsp3) is 0.421. The van der Waals surface area contributed by atoms with Crippen molar-refractivity contribution in [1.29, 1.82) is 0 Å². The van der Waals surface area contributed by atoms with E-state index in [0.29, 0.717) is 36.7 Å². The molecule has 0 aliphatic carbocycles. The number of rotatable bonds is 7. The molecule has 1 N–H and O–H groups in total. The van der Waals surface area contributed by atoms with E-state index in [1.54, 1.807) is 37.3 Å². The second kappa shape index (κ2) is 8.11. The Morgan fingerprint density at radius 1 is 1.30 bits per heavy atom. The van der Waals surface area contributed by atoms with Gasteiger partial charge in [0, 0.05) is 43.8 Å². The van der Waals surface area contributed by atoms with E-state index in [-0.39, 0.29) is 24.2 Å². The molecule has 1 aliphatic heterocycles. The Kier molecular flexibility index (Phi) is 5.63. The van der Waals surface area contributed by atoms with Gasteiger partial charge in [-0.05, 0) is 19.1 Å². The van der Waals surface area contributed by atoms with Gasteiger partial charge in [-0.2, -0.15) is 0 Å². The van der Waals surface area contributed by atoms with Gasteiger partial charge < -0.3 is 24.2 Å². The second-order valence-corrected chi connectivity index (χ2v) is 6.41. The smallest absolute Gasteiger partial charge is 0.227 e. The zero-order valence-corrected chi connectivity index (χ0v) is 15.7. The summed E-state index contributed by atoms with van der Waals surface area (Å²) in [6.45, 7) is 2.61. The quantitative estimate of drug-likeness (QED) is 0.794. The minimum atomic E-state index is -0.385. The van der Waals surface area contributed by atoms with Crippen LogP contribution in [-0.4, -0.2) is 44.3 Å². The molecule has 2 aromatic rings. The molecule has 1 fully saturated rings. The van der Waals surface area contributed by atoms with Crippen molar-refractivity contribution in [1.82, 2.24) is 10.5 Å². The minimum Gasteiger partial charge on any atom is -0.493 e. The van der Waals surface area contributed by atoms with Crippen LogP contribution in [0.5, 0.6) is 11.5 Å². The second-order valence-electron chi connectivity index (χ2n) is 6.41. The van der Waals surface area contributed by atoms with Crippen LogP contribution in [0.15, 0.2) is 28.8 Å². The van der Waals surface area contributed by atoms with Crippen molar-refractivity contribution in [3.63, 3.8) is 0 Å². The molecule has 0 bridgehead atoms. The molecule has 2 heterocycles. The SMILES string of the molecule is COc1ccc(N2CC(C(=O)NCCc3cc(C)on3)CC2=O)cc1OC. The molecule has 3 rings (SSSR count). The Balaban J connectivity index is 1.58. The van der Waals surface area contributed by atoms with E-state index in [4.69, 9.17) is 14.0 Å². The first kappa shape index (κ1) is 18.8. The Labute approximate surface area is 157 Å². The standard InChI is InChI=1S/C19H23N3O5/c1-12-8-14(21-27-12)6-7-20-19(24)13-9-18(23)22(11-13)15-4-5-16(25-2)17(10-15)26-3/h4-5,8,10,13H,6-7,9,11H2,1-3H3,(H,20,24). The topological polar surface area (TPSA) is 93.9 Å². The van der Waals surface area contributed by atoms with Gasteiger partial charge in [0.25, 0.3) is 0 Å². The highest BCUT2D eigenvalue weighted by Gasteiger charge is 2.35.